The molecule has 1 atom stereocenters. The molecule has 0 radical (unpaired) electrons. The Morgan fingerprint density at radius 3 is 2.78 bits per heavy atom. The molecule has 2 heterocycles. The lowest BCUT2D eigenvalue weighted by atomic mass is 10.0. The van der Waals surface area contributed by atoms with Crippen LogP contribution in [0.4, 0.5) is 5.82 Å². The lowest BCUT2D eigenvalue weighted by Gasteiger charge is -2.21. The van der Waals surface area contributed by atoms with Gasteiger partial charge in [-0.3, -0.25) is 4.98 Å². The van der Waals surface area contributed by atoms with Crippen LogP contribution in [0.3, 0.4) is 0 Å². The number of hydrogen-bond donors (Lipinski definition) is 1. The fourth-order valence-corrected chi connectivity index (χ4v) is 2.55. The van der Waals surface area contributed by atoms with Gasteiger partial charge in [0.05, 0.1) is 19.5 Å². The van der Waals surface area contributed by atoms with Crippen LogP contribution < -0.4 is 10.1 Å². The van der Waals surface area contributed by atoms with Gasteiger partial charge in [-0.05, 0) is 6.07 Å². The average molecular weight is 330 g/mol. The molecular weight excluding hydrogens is 314 g/mol. The minimum absolute atomic E-state index is 0.251. The molecule has 0 aliphatic carbocycles. The summed E-state index contributed by atoms with van der Waals surface area (Å²) in [6, 6.07) is 7.54. The smallest absolute Gasteiger partial charge is 0.149 e. The molecule has 7 heteroatoms. The van der Waals surface area contributed by atoms with Gasteiger partial charge < -0.3 is 14.6 Å². The average Bonchev–Trinajstić information content (AvgIpc) is 2.98. The number of hydrogen-bond acceptors (Lipinski definition) is 5. The summed E-state index contributed by atoms with van der Waals surface area (Å²) >= 11 is 5.93. The first kappa shape index (κ1) is 15.3. The molecule has 0 fully saturated rings. The summed E-state index contributed by atoms with van der Waals surface area (Å²) in [5.74, 6) is 2.16. The highest BCUT2D eigenvalue weighted by atomic mass is 35.5. The van der Waals surface area contributed by atoms with Crippen LogP contribution in [-0.2, 0) is 7.05 Å². The molecule has 0 saturated carbocycles. The number of benzene rings is 1. The number of halogens is 1. The van der Waals surface area contributed by atoms with Crippen molar-refractivity contribution in [3.05, 3.63) is 65.6 Å². The van der Waals surface area contributed by atoms with Crippen molar-refractivity contribution in [2.75, 3.05) is 12.4 Å². The molecule has 23 heavy (non-hydrogen) atoms. The first-order valence-electron chi connectivity index (χ1n) is 7.03. The fourth-order valence-electron chi connectivity index (χ4n) is 2.40. The van der Waals surface area contributed by atoms with E-state index in [4.69, 9.17) is 16.3 Å². The van der Waals surface area contributed by atoms with Crippen molar-refractivity contribution in [1.82, 2.24) is 19.5 Å². The number of anilines is 1. The zero-order valence-corrected chi connectivity index (χ0v) is 13.5. The molecule has 2 aromatic heterocycles. The van der Waals surface area contributed by atoms with Crippen LogP contribution in [-0.4, -0.2) is 26.6 Å². The number of aryl methyl sites for hydroxylation is 1. The third kappa shape index (κ3) is 3.27. The number of imidazole rings is 1. The second-order valence-corrected chi connectivity index (χ2v) is 5.33. The second kappa shape index (κ2) is 6.66. The van der Waals surface area contributed by atoms with Gasteiger partial charge in [0, 0.05) is 25.0 Å². The van der Waals surface area contributed by atoms with Crippen LogP contribution in [0.15, 0.2) is 49.1 Å². The van der Waals surface area contributed by atoms with Gasteiger partial charge in [-0.15, -0.1) is 0 Å². The Hall–Kier alpha value is -2.60. The molecule has 0 amide bonds. The SMILES string of the molecule is COc1ccccc1[C@@H](Nc1cncc(Cl)n1)c1nccn1C. The van der Waals surface area contributed by atoms with E-state index in [-0.39, 0.29) is 6.04 Å². The van der Waals surface area contributed by atoms with Gasteiger partial charge in [-0.2, -0.15) is 0 Å². The van der Waals surface area contributed by atoms with Gasteiger partial charge in [0.1, 0.15) is 28.6 Å². The summed E-state index contributed by atoms with van der Waals surface area (Å²) in [6.07, 6.45) is 6.76. The number of ether oxygens (including phenoxy) is 1. The molecule has 3 rings (SSSR count). The standard InChI is InChI=1S/C16H16ClN5O/c1-22-8-7-19-16(22)15(11-5-3-4-6-12(11)23-2)21-14-10-18-9-13(17)20-14/h3-10,15H,1-2H3,(H,20,21)/t15-/m1/s1. The predicted octanol–water partition coefficient (Wildman–Crippen LogP) is 3.07. The van der Waals surface area contributed by atoms with E-state index in [2.05, 4.69) is 20.3 Å². The Kier molecular flexibility index (Phi) is 4.43. The Morgan fingerprint density at radius 2 is 2.09 bits per heavy atom. The van der Waals surface area contributed by atoms with E-state index in [0.717, 1.165) is 17.1 Å². The van der Waals surface area contributed by atoms with Crippen LogP contribution in [0, 0.1) is 0 Å². The number of aromatic nitrogens is 4. The van der Waals surface area contributed by atoms with Crippen molar-refractivity contribution in [2.45, 2.75) is 6.04 Å². The first-order chi connectivity index (χ1) is 11.2. The largest absolute Gasteiger partial charge is 0.496 e. The van der Waals surface area contributed by atoms with Crippen LogP contribution in [0.25, 0.3) is 0 Å². The van der Waals surface area contributed by atoms with E-state index < -0.39 is 0 Å². The molecule has 118 valence electrons. The molecule has 1 aromatic carbocycles. The van der Waals surface area contributed by atoms with Crippen LogP contribution in [0.5, 0.6) is 5.75 Å². The van der Waals surface area contributed by atoms with E-state index in [9.17, 15) is 0 Å². The molecule has 3 aromatic rings. The van der Waals surface area contributed by atoms with Crippen LogP contribution >= 0.6 is 11.6 Å². The lowest BCUT2D eigenvalue weighted by Crippen LogP contribution is -2.18. The lowest BCUT2D eigenvalue weighted by molar-refractivity contribution is 0.408. The topological polar surface area (TPSA) is 64.9 Å². The number of para-hydroxylation sites is 1. The number of methoxy groups -OCH3 is 1. The van der Waals surface area contributed by atoms with Gasteiger partial charge in [-0.25, -0.2) is 9.97 Å². The molecule has 0 spiro atoms. The third-order valence-corrected chi connectivity index (χ3v) is 3.65. The molecular formula is C16H16ClN5O. The fraction of sp³-hybridized carbons (Fsp3) is 0.188. The second-order valence-electron chi connectivity index (χ2n) is 4.94. The summed E-state index contributed by atoms with van der Waals surface area (Å²) in [5.41, 5.74) is 0.950. The normalized spacial score (nSPS) is 12.0. The van der Waals surface area contributed by atoms with Crippen LogP contribution in [0.2, 0.25) is 5.15 Å². The van der Waals surface area contributed by atoms with Crippen molar-refractivity contribution in [3.63, 3.8) is 0 Å². The third-order valence-electron chi connectivity index (χ3n) is 3.46. The number of rotatable bonds is 5. The van der Waals surface area contributed by atoms with Crippen LogP contribution in [0.1, 0.15) is 17.4 Å². The highest BCUT2D eigenvalue weighted by Crippen LogP contribution is 2.31. The van der Waals surface area contributed by atoms with E-state index in [0.29, 0.717) is 11.0 Å². The zero-order valence-electron chi connectivity index (χ0n) is 12.8. The Morgan fingerprint density at radius 1 is 1.26 bits per heavy atom. The summed E-state index contributed by atoms with van der Waals surface area (Å²) < 4.78 is 7.43. The Bertz CT molecular complexity index is 804. The summed E-state index contributed by atoms with van der Waals surface area (Å²) in [7, 11) is 3.59. The quantitative estimate of drug-likeness (QED) is 0.779. The Labute approximate surface area is 139 Å². The maximum atomic E-state index is 5.93. The highest BCUT2D eigenvalue weighted by molar-refractivity contribution is 6.29. The minimum atomic E-state index is -0.251. The predicted molar refractivity (Wildman–Crippen MR) is 88.7 cm³/mol. The van der Waals surface area contributed by atoms with E-state index in [1.807, 2.05) is 42.1 Å². The summed E-state index contributed by atoms with van der Waals surface area (Å²) in [5, 5.41) is 3.66. The van der Waals surface area contributed by atoms with Gasteiger partial charge in [0.25, 0.3) is 0 Å². The molecule has 6 nitrogen and oxygen atoms in total. The van der Waals surface area contributed by atoms with Crippen molar-refractivity contribution in [3.8, 4) is 5.75 Å². The summed E-state index contributed by atoms with van der Waals surface area (Å²) in [6.45, 7) is 0. The minimum Gasteiger partial charge on any atom is -0.496 e. The van der Waals surface area contributed by atoms with Gasteiger partial charge in [-0.1, -0.05) is 29.8 Å². The van der Waals surface area contributed by atoms with Gasteiger partial charge in [0.2, 0.25) is 0 Å². The highest BCUT2D eigenvalue weighted by Gasteiger charge is 2.22. The molecule has 0 aliphatic rings. The molecule has 0 unspecified atom stereocenters. The van der Waals surface area contributed by atoms with Gasteiger partial charge >= 0.3 is 0 Å². The zero-order chi connectivity index (χ0) is 16.2. The van der Waals surface area contributed by atoms with Crippen molar-refractivity contribution < 1.29 is 4.74 Å². The van der Waals surface area contributed by atoms with Crippen molar-refractivity contribution >= 4 is 17.4 Å². The molecule has 0 saturated heterocycles. The number of nitrogens with one attached hydrogen (secondary N) is 1. The van der Waals surface area contributed by atoms with Crippen molar-refractivity contribution in [1.29, 1.82) is 0 Å². The first-order valence-corrected chi connectivity index (χ1v) is 7.41. The van der Waals surface area contributed by atoms with Crippen molar-refractivity contribution in [2.24, 2.45) is 7.05 Å². The van der Waals surface area contributed by atoms with E-state index in [1.54, 1.807) is 19.5 Å². The molecule has 1 N–H and O–H groups in total. The molecule has 0 aliphatic heterocycles. The van der Waals surface area contributed by atoms with E-state index >= 15 is 0 Å². The molecule has 0 bridgehead atoms. The van der Waals surface area contributed by atoms with Gasteiger partial charge in [0.15, 0.2) is 0 Å². The maximum absolute atomic E-state index is 5.93. The summed E-state index contributed by atoms with van der Waals surface area (Å²) in [4.78, 5) is 12.8. The number of nitrogens with zero attached hydrogens (tertiary/aromatic N) is 4. The monoisotopic (exact) mass is 329 g/mol. The maximum Gasteiger partial charge on any atom is 0.149 e. The Balaban J connectivity index is 2.06. The van der Waals surface area contributed by atoms with E-state index in [1.165, 1.54) is 6.20 Å².